The van der Waals surface area contributed by atoms with Crippen molar-refractivity contribution in [3.8, 4) is 0 Å². The van der Waals surface area contributed by atoms with Gasteiger partial charge in [0.15, 0.2) is 0 Å². The maximum atomic E-state index is 14.2. The molecule has 0 aliphatic carbocycles. The van der Waals surface area contributed by atoms with E-state index in [1.807, 2.05) is 42.6 Å². The lowest BCUT2D eigenvalue weighted by Crippen LogP contribution is -2.47. The van der Waals surface area contributed by atoms with Crippen molar-refractivity contribution in [2.75, 3.05) is 62.2 Å². The van der Waals surface area contributed by atoms with Crippen LogP contribution in [0.15, 0.2) is 54.7 Å². The average Bonchev–Trinajstić information content (AvgIpc) is 2.88. The number of carbonyl (C=O) groups excluding carboxylic acids is 1. The summed E-state index contributed by atoms with van der Waals surface area (Å²) in [4.78, 5) is 24.1. The van der Waals surface area contributed by atoms with Gasteiger partial charge < -0.3 is 20.0 Å². The number of nitrogens with one attached hydrogen (secondary N) is 1. The Morgan fingerprint density at radius 3 is 2.50 bits per heavy atom. The summed E-state index contributed by atoms with van der Waals surface area (Å²) in [5, 5.41) is 5.08. The number of anilines is 2. The van der Waals surface area contributed by atoms with Crippen molar-refractivity contribution in [3.05, 3.63) is 66.1 Å². The van der Waals surface area contributed by atoms with Crippen molar-refractivity contribution in [2.45, 2.75) is 20.3 Å². The number of amides is 1. The minimum absolute atomic E-state index is 0.0550. The zero-order chi connectivity index (χ0) is 23.9. The molecule has 0 spiro atoms. The first kappa shape index (κ1) is 24.0. The third-order valence-electron chi connectivity index (χ3n) is 6.61. The minimum Gasteiger partial charge on any atom is -0.366 e. The number of nitrogens with zero attached hydrogens (tertiary/aromatic N) is 4. The first-order valence-corrected chi connectivity index (χ1v) is 12.2. The Morgan fingerprint density at radius 1 is 1.03 bits per heavy atom. The van der Waals surface area contributed by atoms with Gasteiger partial charge in [0.1, 0.15) is 11.6 Å². The number of pyridine rings is 1. The number of rotatable bonds is 9. The standard InChI is InChI=1S/C27H34FN5O/c1-3-31(4-2)15-7-13-30-27(34)22-11-10-21-12-14-29-26(23(21)20-22)33-18-16-32(17-19-33)25-9-6-5-8-24(25)28/h5-6,8-12,14,20H,3-4,7,13,15-19H2,1-2H3,(H,30,34). The molecule has 34 heavy (non-hydrogen) atoms. The minimum atomic E-state index is -0.188. The normalized spacial score (nSPS) is 14.1. The Labute approximate surface area is 201 Å². The fourth-order valence-corrected chi connectivity index (χ4v) is 4.56. The topological polar surface area (TPSA) is 51.7 Å². The van der Waals surface area contributed by atoms with Gasteiger partial charge in [-0.1, -0.05) is 32.0 Å². The quantitative estimate of drug-likeness (QED) is 0.483. The van der Waals surface area contributed by atoms with Crippen LogP contribution in [0, 0.1) is 5.82 Å². The molecule has 1 saturated heterocycles. The van der Waals surface area contributed by atoms with Crippen LogP contribution in [-0.2, 0) is 0 Å². The van der Waals surface area contributed by atoms with E-state index in [2.05, 4.69) is 38.8 Å². The Bertz CT molecular complexity index is 1110. The van der Waals surface area contributed by atoms with E-state index in [9.17, 15) is 9.18 Å². The van der Waals surface area contributed by atoms with Crippen LogP contribution in [-0.4, -0.2) is 68.1 Å². The van der Waals surface area contributed by atoms with Gasteiger partial charge in [0.2, 0.25) is 0 Å². The summed E-state index contributed by atoms with van der Waals surface area (Å²) in [6, 6.07) is 14.7. The summed E-state index contributed by atoms with van der Waals surface area (Å²) in [7, 11) is 0. The van der Waals surface area contributed by atoms with E-state index in [1.54, 1.807) is 6.07 Å². The average molecular weight is 464 g/mol. The molecule has 1 aliphatic heterocycles. The molecule has 1 aliphatic rings. The highest BCUT2D eigenvalue weighted by molar-refractivity contribution is 6.01. The predicted molar refractivity (Wildman–Crippen MR) is 137 cm³/mol. The first-order chi connectivity index (χ1) is 16.6. The van der Waals surface area contributed by atoms with Gasteiger partial charge in [0.05, 0.1) is 5.69 Å². The van der Waals surface area contributed by atoms with Crippen LogP contribution >= 0.6 is 0 Å². The van der Waals surface area contributed by atoms with Crippen molar-refractivity contribution >= 4 is 28.2 Å². The lowest BCUT2D eigenvalue weighted by molar-refractivity contribution is 0.0952. The second kappa shape index (κ2) is 11.3. The van der Waals surface area contributed by atoms with E-state index in [0.717, 1.165) is 55.7 Å². The molecule has 1 aromatic heterocycles. The molecular weight excluding hydrogens is 429 g/mol. The zero-order valence-corrected chi connectivity index (χ0v) is 20.1. The molecule has 0 unspecified atom stereocenters. The Morgan fingerprint density at radius 2 is 1.76 bits per heavy atom. The molecule has 0 radical (unpaired) electrons. The smallest absolute Gasteiger partial charge is 0.251 e. The molecule has 4 rings (SSSR count). The molecule has 1 amide bonds. The highest BCUT2D eigenvalue weighted by atomic mass is 19.1. The summed E-state index contributed by atoms with van der Waals surface area (Å²) < 4.78 is 14.2. The van der Waals surface area contributed by atoms with Crippen molar-refractivity contribution in [3.63, 3.8) is 0 Å². The van der Waals surface area contributed by atoms with E-state index in [-0.39, 0.29) is 11.7 Å². The second-order valence-corrected chi connectivity index (χ2v) is 8.63. The number of halogens is 1. The largest absolute Gasteiger partial charge is 0.366 e. The van der Waals surface area contributed by atoms with Gasteiger partial charge in [-0.2, -0.15) is 0 Å². The summed E-state index contributed by atoms with van der Waals surface area (Å²) in [6.07, 6.45) is 2.74. The Kier molecular flexibility index (Phi) is 7.95. The van der Waals surface area contributed by atoms with Gasteiger partial charge in [-0.25, -0.2) is 9.37 Å². The summed E-state index contributed by atoms with van der Waals surface area (Å²) in [6.45, 7) is 10.9. The van der Waals surface area contributed by atoms with Gasteiger partial charge in [0, 0.05) is 49.9 Å². The Balaban J connectivity index is 1.43. The summed E-state index contributed by atoms with van der Waals surface area (Å²) >= 11 is 0. The lowest BCUT2D eigenvalue weighted by atomic mass is 10.1. The predicted octanol–water partition coefficient (Wildman–Crippen LogP) is 4.16. The van der Waals surface area contributed by atoms with Crippen molar-refractivity contribution in [2.24, 2.45) is 0 Å². The number of hydrogen-bond donors (Lipinski definition) is 1. The second-order valence-electron chi connectivity index (χ2n) is 8.63. The van der Waals surface area contributed by atoms with Crippen molar-refractivity contribution < 1.29 is 9.18 Å². The molecule has 2 heterocycles. The molecule has 0 saturated carbocycles. The SMILES string of the molecule is CCN(CC)CCCNC(=O)c1ccc2ccnc(N3CCN(c4ccccc4F)CC3)c2c1. The molecule has 0 atom stereocenters. The number of fused-ring (bicyclic) bond motifs is 1. The van der Waals surface area contributed by atoms with E-state index in [0.29, 0.717) is 30.9 Å². The molecule has 3 aromatic rings. The number of hydrogen-bond acceptors (Lipinski definition) is 5. The van der Waals surface area contributed by atoms with Gasteiger partial charge in [-0.3, -0.25) is 4.79 Å². The monoisotopic (exact) mass is 463 g/mol. The number of aromatic nitrogens is 1. The van der Waals surface area contributed by atoms with Gasteiger partial charge in [-0.15, -0.1) is 0 Å². The van der Waals surface area contributed by atoms with Gasteiger partial charge in [0.25, 0.3) is 5.91 Å². The third kappa shape index (κ3) is 5.47. The Hall–Kier alpha value is -3.19. The lowest BCUT2D eigenvalue weighted by Gasteiger charge is -2.37. The van der Waals surface area contributed by atoms with E-state index in [4.69, 9.17) is 0 Å². The van der Waals surface area contributed by atoms with E-state index < -0.39 is 0 Å². The molecule has 180 valence electrons. The maximum Gasteiger partial charge on any atom is 0.251 e. The van der Waals surface area contributed by atoms with Crippen LogP contribution in [0.5, 0.6) is 0 Å². The van der Waals surface area contributed by atoms with Crippen LogP contribution in [0.3, 0.4) is 0 Å². The van der Waals surface area contributed by atoms with Crippen molar-refractivity contribution in [1.29, 1.82) is 0 Å². The molecule has 1 fully saturated rings. The zero-order valence-electron chi connectivity index (χ0n) is 20.1. The molecular formula is C27H34FN5O. The molecule has 1 N–H and O–H groups in total. The third-order valence-corrected chi connectivity index (χ3v) is 6.61. The fraction of sp³-hybridized carbons (Fsp3) is 0.407. The number of piperazine rings is 1. The molecule has 2 aromatic carbocycles. The first-order valence-electron chi connectivity index (χ1n) is 12.2. The van der Waals surface area contributed by atoms with Crippen LogP contribution in [0.2, 0.25) is 0 Å². The van der Waals surface area contributed by atoms with Gasteiger partial charge in [-0.05, 0) is 61.8 Å². The van der Waals surface area contributed by atoms with Crippen LogP contribution in [0.25, 0.3) is 10.8 Å². The van der Waals surface area contributed by atoms with Crippen molar-refractivity contribution in [1.82, 2.24) is 15.2 Å². The summed E-state index contributed by atoms with van der Waals surface area (Å²) in [5.41, 5.74) is 1.29. The van der Waals surface area contributed by atoms with Crippen LogP contribution < -0.4 is 15.1 Å². The number of benzene rings is 2. The molecule has 6 nitrogen and oxygen atoms in total. The van der Waals surface area contributed by atoms with E-state index in [1.165, 1.54) is 6.07 Å². The highest BCUT2D eigenvalue weighted by Crippen LogP contribution is 2.28. The van der Waals surface area contributed by atoms with Gasteiger partial charge >= 0.3 is 0 Å². The molecule has 7 heteroatoms. The summed E-state index contributed by atoms with van der Waals surface area (Å²) in [5.74, 6) is 0.634. The highest BCUT2D eigenvalue weighted by Gasteiger charge is 2.22. The molecule has 0 bridgehead atoms. The van der Waals surface area contributed by atoms with Crippen LogP contribution in [0.1, 0.15) is 30.6 Å². The van der Waals surface area contributed by atoms with E-state index >= 15 is 0 Å². The number of carbonyl (C=O) groups is 1. The number of para-hydroxylation sites is 1. The van der Waals surface area contributed by atoms with Crippen LogP contribution in [0.4, 0.5) is 15.9 Å². The maximum absolute atomic E-state index is 14.2. The fourth-order valence-electron chi connectivity index (χ4n) is 4.56.